The zero-order chi connectivity index (χ0) is 16.7. The van der Waals surface area contributed by atoms with Crippen molar-refractivity contribution in [2.24, 2.45) is 0 Å². The van der Waals surface area contributed by atoms with Crippen LogP contribution in [0.15, 0.2) is 17.3 Å². The van der Waals surface area contributed by atoms with E-state index in [1.807, 2.05) is 4.68 Å². The zero-order valence-corrected chi connectivity index (χ0v) is 14.1. The van der Waals surface area contributed by atoms with Crippen molar-refractivity contribution in [2.45, 2.75) is 18.0 Å². The molecular weight excluding hydrogens is 328 g/mol. The molecular formula is C15H16N6O2S. The number of anilines is 1. The van der Waals surface area contributed by atoms with E-state index in [1.54, 1.807) is 38.2 Å². The number of thioether (sulfide) groups is 1. The molecule has 0 spiro atoms. The number of rotatable bonds is 4. The van der Waals surface area contributed by atoms with Crippen LogP contribution in [0.2, 0.25) is 0 Å². The van der Waals surface area contributed by atoms with E-state index in [9.17, 15) is 0 Å². The van der Waals surface area contributed by atoms with Gasteiger partial charge in [-0.25, -0.2) is 9.67 Å². The summed E-state index contributed by atoms with van der Waals surface area (Å²) in [5.41, 5.74) is 8.31. The first-order valence-corrected chi connectivity index (χ1v) is 8.41. The van der Waals surface area contributed by atoms with Crippen LogP contribution in [0, 0.1) is 0 Å². The largest absolute Gasteiger partial charge is 0.493 e. The van der Waals surface area contributed by atoms with Gasteiger partial charge in [0.1, 0.15) is 10.7 Å². The number of aryl methyl sites for hydroxylation is 1. The van der Waals surface area contributed by atoms with Crippen LogP contribution in [-0.2, 0) is 13.0 Å². The molecule has 0 unspecified atom stereocenters. The monoisotopic (exact) mass is 344 g/mol. The number of pyridine rings is 1. The summed E-state index contributed by atoms with van der Waals surface area (Å²) in [7, 11) is 3.20. The van der Waals surface area contributed by atoms with E-state index >= 15 is 0 Å². The Balaban J connectivity index is 1.85. The standard InChI is InChI=1S/C15H16N6O2S/c1-22-10-3-5-17-9(12(10)23-2)7-21-13-11-8(20-21)4-6-24-14(11)19-15(16)18-13/h3,5H,4,6-7H2,1-2H3,(H2,16,18,19). The Morgan fingerprint density at radius 3 is 2.96 bits per heavy atom. The van der Waals surface area contributed by atoms with E-state index in [4.69, 9.17) is 20.3 Å². The van der Waals surface area contributed by atoms with Crippen molar-refractivity contribution in [2.75, 3.05) is 25.7 Å². The number of hydrogen-bond donors (Lipinski definition) is 1. The van der Waals surface area contributed by atoms with Gasteiger partial charge < -0.3 is 15.2 Å². The van der Waals surface area contributed by atoms with E-state index in [-0.39, 0.29) is 5.95 Å². The summed E-state index contributed by atoms with van der Waals surface area (Å²) < 4.78 is 12.6. The van der Waals surface area contributed by atoms with Gasteiger partial charge in [0.2, 0.25) is 5.95 Å². The molecule has 0 amide bonds. The van der Waals surface area contributed by atoms with E-state index in [1.165, 1.54) is 0 Å². The van der Waals surface area contributed by atoms with E-state index in [0.29, 0.717) is 18.0 Å². The third-order valence-corrected chi connectivity index (χ3v) is 4.87. The molecule has 0 bridgehead atoms. The lowest BCUT2D eigenvalue weighted by molar-refractivity contribution is 0.348. The second kappa shape index (κ2) is 5.82. The quantitative estimate of drug-likeness (QED) is 0.711. The molecule has 1 aliphatic heterocycles. The number of nitrogens with zero attached hydrogens (tertiary/aromatic N) is 5. The molecule has 2 N–H and O–H groups in total. The molecule has 24 heavy (non-hydrogen) atoms. The second-order valence-electron chi connectivity index (χ2n) is 5.28. The van der Waals surface area contributed by atoms with Crippen LogP contribution in [0.1, 0.15) is 11.4 Å². The number of nitrogen functional groups attached to an aromatic ring is 1. The van der Waals surface area contributed by atoms with Crippen LogP contribution in [0.3, 0.4) is 0 Å². The first kappa shape index (κ1) is 15.0. The highest BCUT2D eigenvalue weighted by Gasteiger charge is 2.23. The van der Waals surface area contributed by atoms with Gasteiger partial charge in [0.25, 0.3) is 0 Å². The second-order valence-corrected chi connectivity index (χ2v) is 6.37. The van der Waals surface area contributed by atoms with Crippen LogP contribution < -0.4 is 15.2 Å². The first-order chi connectivity index (χ1) is 11.7. The molecule has 3 aromatic heterocycles. The lowest BCUT2D eigenvalue weighted by Gasteiger charge is -2.12. The third-order valence-electron chi connectivity index (χ3n) is 3.89. The summed E-state index contributed by atoms with van der Waals surface area (Å²) in [4.78, 5) is 13.1. The molecule has 0 atom stereocenters. The van der Waals surface area contributed by atoms with Crippen molar-refractivity contribution >= 4 is 28.7 Å². The van der Waals surface area contributed by atoms with Gasteiger partial charge in [-0.15, -0.1) is 11.8 Å². The predicted octanol–water partition coefficient (Wildman–Crippen LogP) is 1.52. The normalized spacial score (nSPS) is 13.2. The summed E-state index contributed by atoms with van der Waals surface area (Å²) in [6.07, 6.45) is 2.57. The van der Waals surface area contributed by atoms with Gasteiger partial charge in [-0.1, -0.05) is 0 Å². The number of aromatic nitrogens is 5. The molecule has 0 aromatic carbocycles. The lowest BCUT2D eigenvalue weighted by atomic mass is 10.2. The van der Waals surface area contributed by atoms with Crippen molar-refractivity contribution in [3.05, 3.63) is 23.7 Å². The Bertz CT molecular complexity index is 926. The van der Waals surface area contributed by atoms with Crippen LogP contribution in [0.4, 0.5) is 5.95 Å². The molecule has 9 heteroatoms. The van der Waals surface area contributed by atoms with E-state index < -0.39 is 0 Å². The third kappa shape index (κ3) is 2.32. The molecule has 0 aliphatic carbocycles. The minimum atomic E-state index is 0.255. The number of methoxy groups -OCH3 is 2. The van der Waals surface area contributed by atoms with Gasteiger partial charge in [-0.3, -0.25) is 4.98 Å². The molecule has 1 aliphatic rings. The van der Waals surface area contributed by atoms with Crippen molar-refractivity contribution in [3.8, 4) is 11.5 Å². The Morgan fingerprint density at radius 1 is 1.29 bits per heavy atom. The van der Waals surface area contributed by atoms with Crippen molar-refractivity contribution < 1.29 is 9.47 Å². The van der Waals surface area contributed by atoms with Gasteiger partial charge in [-0.2, -0.15) is 10.1 Å². The maximum absolute atomic E-state index is 5.86. The van der Waals surface area contributed by atoms with Crippen LogP contribution in [-0.4, -0.2) is 44.7 Å². The van der Waals surface area contributed by atoms with Crippen LogP contribution >= 0.6 is 11.8 Å². The Morgan fingerprint density at radius 2 is 2.17 bits per heavy atom. The summed E-state index contributed by atoms with van der Waals surface area (Å²) in [6, 6.07) is 1.76. The summed E-state index contributed by atoms with van der Waals surface area (Å²) in [6.45, 7) is 0.414. The fourth-order valence-electron chi connectivity index (χ4n) is 2.87. The highest BCUT2D eigenvalue weighted by molar-refractivity contribution is 7.99. The summed E-state index contributed by atoms with van der Waals surface area (Å²) in [5.74, 6) is 2.42. The van der Waals surface area contributed by atoms with E-state index in [0.717, 1.165) is 39.6 Å². The Hall–Kier alpha value is -2.55. The summed E-state index contributed by atoms with van der Waals surface area (Å²) in [5, 5.41) is 6.58. The Labute approximate surface area is 142 Å². The number of nitrogens with two attached hydrogens (primary N) is 1. The smallest absolute Gasteiger partial charge is 0.223 e. The van der Waals surface area contributed by atoms with Gasteiger partial charge in [0, 0.05) is 24.4 Å². The molecule has 0 saturated carbocycles. The van der Waals surface area contributed by atoms with Gasteiger partial charge in [-0.05, 0) is 0 Å². The zero-order valence-electron chi connectivity index (χ0n) is 13.3. The van der Waals surface area contributed by atoms with Crippen LogP contribution in [0.25, 0.3) is 11.0 Å². The molecule has 0 radical (unpaired) electrons. The lowest BCUT2D eigenvalue weighted by Crippen LogP contribution is -2.08. The fourth-order valence-corrected chi connectivity index (χ4v) is 3.87. The topological polar surface area (TPSA) is 101 Å². The fraction of sp³-hybridized carbons (Fsp3) is 0.333. The Kier molecular flexibility index (Phi) is 3.64. The van der Waals surface area contributed by atoms with Gasteiger partial charge in [0.15, 0.2) is 17.1 Å². The minimum absolute atomic E-state index is 0.255. The molecule has 0 fully saturated rings. The number of ether oxygens (including phenoxy) is 2. The maximum Gasteiger partial charge on any atom is 0.223 e. The van der Waals surface area contributed by atoms with Crippen molar-refractivity contribution in [3.63, 3.8) is 0 Å². The van der Waals surface area contributed by atoms with Gasteiger partial charge >= 0.3 is 0 Å². The average Bonchev–Trinajstić information content (AvgIpc) is 2.93. The van der Waals surface area contributed by atoms with E-state index in [2.05, 4.69) is 15.0 Å². The highest BCUT2D eigenvalue weighted by atomic mass is 32.2. The molecule has 8 nitrogen and oxygen atoms in total. The summed E-state index contributed by atoms with van der Waals surface area (Å²) >= 11 is 1.68. The van der Waals surface area contributed by atoms with Crippen LogP contribution in [0.5, 0.6) is 11.5 Å². The predicted molar refractivity (Wildman–Crippen MR) is 90.6 cm³/mol. The molecule has 4 heterocycles. The molecule has 124 valence electrons. The SMILES string of the molecule is COc1ccnc(Cn2nc3c4c(nc(N)nc42)SCC3)c1OC. The molecule has 4 rings (SSSR count). The van der Waals surface area contributed by atoms with Gasteiger partial charge in [0.05, 0.1) is 31.8 Å². The maximum atomic E-state index is 5.86. The average molecular weight is 344 g/mol. The minimum Gasteiger partial charge on any atom is -0.493 e. The molecule has 0 saturated heterocycles. The van der Waals surface area contributed by atoms with Crippen molar-refractivity contribution in [1.82, 2.24) is 24.7 Å². The number of hydrogen-bond acceptors (Lipinski definition) is 8. The highest BCUT2D eigenvalue weighted by Crippen LogP contribution is 2.35. The molecule has 3 aromatic rings. The van der Waals surface area contributed by atoms with Crippen molar-refractivity contribution in [1.29, 1.82) is 0 Å². The first-order valence-electron chi connectivity index (χ1n) is 7.43.